The van der Waals surface area contributed by atoms with Crippen LogP contribution in [0.4, 0.5) is 5.69 Å². The topological polar surface area (TPSA) is 86.8 Å². The van der Waals surface area contributed by atoms with Crippen LogP contribution in [0.15, 0.2) is 77.7 Å². The number of hydrogen-bond donors (Lipinski definition) is 1. The molecule has 1 aliphatic rings. The SMILES string of the molecule is Cc1ccccc1CN(C(=O)CN(c1cc(Cl)ccc1Cl)S(=O)(=O)c1ccccc1)C(C)C(=O)NC1CCCC1. The van der Waals surface area contributed by atoms with E-state index in [9.17, 15) is 18.0 Å². The molecule has 4 rings (SSSR count). The number of carbonyl (C=O) groups excluding carboxylic acids is 2. The predicted octanol–water partition coefficient (Wildman–Crippen LogP) is 5.97. The van der Waals surface area contributed by atoms with Crippen molar-refractivity contribution in [3.8, 4) is 0 Å². The highest BCUT2D eigenvalue weighted by Gasteiger charge is 2.34. The number of sulfonamides is 1. The number of rotatable bonds is 10. The molecule has 1 unspecified atom stereocenters. The van der Waals surface area contributed by atoms with Gasteiger partial charge >= 0.3 is 0 Å². The Balaban J connectivity index is 1.72. The molecule has 0 radical (unpaired) electrons. The van der Waals surface area contributed by atoms with E-state index in [0.717, 1.165) is 41.1 Å². The second kappa shape index (κ2) is 13.1. The van der Waals surface area contributed by atoms with Gasteiger partial charge in [-0.05, 0) is 68.1 Å². The number of aryl methyl sites for hydroxylation is 1. The van der Waals surface area contributed by atoms with Crippen LogP contribution in [0.3, 0.4) is 0 Å². The Morgan fingerprint density at radius 2 is 1.62 bits per heavy atom. The largest absolute Gasteiger partial charge is 0.352 e. The highest BCUT2D eigenvalue weighted by molar-refractivity contribution is 7.92. The quantitative estimate of drug-likeness (QED) is 0.310. The summed E-state index contributed by atoms with van der Waals surface area (Å²) in [7, 11) is -4.23. The van der Waals surface area contributed by atoms with Crippen molar-refractivity contribution in [3.63, 3.8) is 0 Å². The van der Waals surface area contributed by atoms with Gasteiger partial charge in [-0.3, -0.25) is 13.9 Å². The van der Waals surface area contributed by atoms with Gasteiger partial charge in [0.1, 0.15) is 12.6 Å². The van der Waals surface area contributed by atoms with Crippen molar-refractivity contribution in [3.05, 3.63) is 94.0 Å². The number of anilines is 1. The lowest BCUT2D eigenvalue weighted by Crippen LogP contribution is -2.52. The minimum Gasteiger partial charge on any atom is -0.352 e. The van der Waals surface area contributed by atoms with Crippen LogP contribution in [-0.4, -0.2) is 43.8 Å². The summed E-state index contributed by atoms with van der Waals surface area (Å²) in [6.07, 6.45) is 3.91. The molecule has 40 heavy (non-hydrogen) atoms. The van der Waals surface area contributed by atoms with E-state index in [1.807, 2.05) is 31.2 Å². The number of amides is 2. The average molecular weight is 603 g/mol. The molecule has 1 atom stereocenters. The first-order chi connectivity index (χ1) is 19.1. The summed E-state index contributed by atoms with van der Waals surface area (Å²) >= 11 is 12.7. The molecule has 0 heterocycles. The van der Waals surface area contributed by atoms with E-state index in [1.54, 1.807) is 31.2 Å². The smallest absolute Gasteiger partial charge is 0.264 e. The second-order valence-corrected chi connectivity index (χ2v) is 12.7. The number of nitrogens with one attached hydrogen (secondary N) is 1. The van der Waals surface area contributed by atoms with Gasteiger partial charge in [0.2, 0.25) is 11.8 Å². The molecule has 1 saturated carbocycles. The van der Waals surface area contributed by atoms with E-state index in [4.69, 9.17) is 23.2 Å². The Labute approximate surface area is 246 Å². The lowest BCUT2D eigenvalue weighted by Gasteiger charge is -2.33. The van der Waals surface area contributed by atoms with E-state index in [2.05, 4.69) is 5.32 Å². The first-order valence-corrected chi connectivity index (χ1v) is 15.4. The van der Waals surface area contributed by atoms with Gasteiger partial charge in [-0.25, -0.2) is 8.42 Å². The highest BCUT2D eigenvalue weighted by Crippen LogP contribution is 2.33. The minimum absolute atomic E-state index is 0.00341. The number of carbonyl (C=O) groups is 2. The summed E-state index contributed by atoms with van der Waals surface area (Å²) in [5, 5.41) is 3.45. The van der Waals surface area contributed by atoms with Gasteiger partial charge in [0.05, 0.1) is 15.6 Å². The minimum atomic E-state index is -4.23. The number of halogens is 2. The Bertz CT molecular complexity index is 1460. The number of nitrogens with zero attached hydrogens (tertiary/aromatic N) is 2. The van der Waals surface area contributed by atoms with Crippen LogP contribution in [0.25, 0.3) is 0 Å². The zero-order chi connectivity index (χ0) is 28.9. The van der Waals surface area contributed by atoms with Gasteiger partial charge in [-0.1, -0.05) is 78.5 Å². The van der Waals surface area contributed by atoms with Crippen molar-refractivity contribution in [1.82, 2.24) is 10.2 Å². The first kappa shape index (κ1) is 29.9. The molecule has 3 aromatic carbocycles. The van der Waals surface area contributed by atoms with Gasteiger partial charge in [0.25, 0.3) is 10.0 Å². The molecule has 0 aromatic heterocycles. The average Bonchev–Trinajstić information content (AvgIpc) is 3.45. The van der Waals surface area contributed by atoms with Gasteiger partial charge in [-0.15, -0.1) is 0 Å². The molecule has 0 aliphatic heterocycles. The molecular formula is C30H33Cl2N3O4S. The van der Waals surface area contributed by atoms with Gasteiger partial charge in [0, 0.05) is 17.6 Å². The summed E-state index contributed by atoms with van der Waals surface area (Å²) in [5.41, 5.74) is 1.88. The maximum Gasteiger partial charge on any atom is 0.264 e. The molecule has 3 aromatic rings. The van der Waals surface area contributed by atoms with Gasteiger partial charge < -0.3 is 10.2 Å². The third-order valence-corrected chi connectivity index (χ3v) is 9.59. The maximum absolute atomic E-state index is 14.1. The summed E-state index contributed by atoms with van der Waals surface area (Å²) in [6.45, 7) is 3.15. The Morgan fingerprint density at radius 1 is 0.975 bits per heavy atom. The molecule has 1 aliphatic carbocycles. The Morgan fingerprint density at radius 3 is 2.30 bits per heavy atom. The molecule has 2 amide bonds. The number of benzene rings is 3. The molecule has 0 bridgehead atoms. The van der Waals surface area contributed by atoms with Crippen LogP contribution >= 0.6 is 23.2 Å². The molecule has 7 nitrogen and oxygen atoms in total. The Hall–Kier alpha value is -3.07. The van der Waals surface area contributed by atoms with E-state index < -0.39 is 28.5 Å². The molecule has 1 fully saturated rings. The van der Waals surface area contributed by atoms with Crippen molar-refractivity contribution in [2.24, 2.45) is 0 Å². The van der Waals surface area contributed by atoms with E-state index >= 15 is 0 Å². The van der Waals surface area contributed by atoms with Crippen LogP contribution in [-0.2, 0) is 26.2 Å². The third kappa shape index (κ3) is 6.97. The maximum atomic E-state index is 14.1. The van der Waals surface area contributed by atoms with Crippen molar-refractivity contribution in [2.75, 3.05) is 10.8 Å². The van der Waals surface area contributed by atoms with Crippen molar-refractivity contribution >= 4 is 50.7 Å². The molecule has 0 spiro atoms. The van der Waals surface area contributed by atoms with Crippen LogP contribution in [0.5, 0.6) is 0 Å². The molecular weight excluding hydrogens is 569 g/mol. The van der Waals surface area contributed by atoms with E-state index in [0.29, 0.717) is 0 Å². The van der Waals surface area contributed by atoms with Crippen LogP contribution in [0, 0.1) is 6.92 Å². The Kier molecular flexibility index (Phi) is 9.77. The molecule has 0 saturated heterocycles. The van der Waals surface area contributed by atoms with Crippen molar-refractivity contribution in [2.45, 2.75) is 63.1 Å². The standard InChI is InChI=1S/C30H33Cl2N3O4S/c1-21-10-6-7-11-23(21)19-34(22(2)30(37)33-25-12-8-9-13-25)29(36)20-35(28-18-24(31)16-17-27(28)32)40(38,39)26-14-4-3-5-15-26/h3-7,10-11,14-18,22,25H,8-9,12-13,19-20H2,1-2H3,(H,33,37). The summed E-state index contributed by atoms with van der Waals surface area (Å²) < 4.78 is 28.7. The van der Waals surface area contributed by atoms with Gasteiger partial charge in [0.15, 0.2) is 0 Å². The van der Waals surface area contributed by atoms with Crippen LogP contribution in [0.2, 0.25) is 10.0 Å². The highest BCUT2D eigenvalue weighted by atomic mass is 35.5. The molecule has 1 N–H and O–H groups in total. The lowest BCUT2D eigenvalue weighted by atomic mass is 10.1. The number of hydrogen-bond acceptors (Lipinski definition) is 4. The zero-order valence-corrected chi connectivity index (χ0v) is 24.8. The first-order valence-electron chi connectivity index (χ1n) is 13.2. The fraction of sp³-hybridized carbons (Fsp3) is 0.333. The fourth-order valence-corrected chi connectivity index (χ4v) is 6.74. The molecule has 10 heteroatoms. The van der Waals surface area contributed by atoms with Crippen LogP contribution < -0.4 is 9.62 Å². The summed E-state index contributed by atoms with van der Waals surface area (Å²) in [4.78, 5) is 28.8. The lowest BCUT2D eigenvalue weighted by molar-refractivity contribution is -0.139. The zero-order valence-electron chi connectivity index (χ0n) is 22.5. The monoisotopic (exact) mass is 601 g/mol. The van der Waals surface area contributed by atoms with Crippen LogP contribution in [0.1, 0.15) is 43.7 Å². The second-order valence-electron chi connectivity index (χ2n) is 10.0. The van der Waals surface area contributed by atoms with Crippen molar-refractivity contribution in [1.29, 1.82) is 0 Å². The van der Waals surface area contributed by atoms with Gasteiger partial charge in [-0.2, -0.15) is 0 Å². The summed E-state index contributed by atoms with van der Waals surface area (Å²) in [6, 6.07) is 19.1. The van der Waals surface area contributed by atoms with E-state index in [1.165, 1.54) is 29.2 Å². The predicted molar refractivity (Wildman–Crippen MR) is 159 cm³/mol. The summed E-state index contributed by atoms with van der Waals surface area (Å²) in [5.74, 6) is -0.819. The third-order valence-electron chi connectivity index (χ3n) is 7.26. The fourth-order valence-electron chi connectivity index (χ4n) is 4.86. The molecule has 212 valence electrons. The normalized spacial score (nSPS) is 14.5. The van der Waals surface area contributed by atoms with Crippen molar-refractivity contribution < 1.29 is 18.0 Å². The van der Waals surface area contributed by atoms with E-state index in [-0.39, 0.29) is 39.1 Å².